The molecule has 1 aromatic heterocycles. The number of fused-ring (bicyclic) bond motifs is 1. The summed E-state index contributed by atoms with van der Waals surface area (Å²) >= 11 is 0. The molecule has 0 saturated carbocycles. The van der Waals surface area contributed by atoms with Gasteiger partial charge in [-0.1, -0.05) is 18.2 Å². The third-order valence-corrected chi connectivity index (χ3v) is 5.41. The summed E-state index contributed by atoms with van der Waals surface area (Å²) in [6, 6.07) is 6.64. The Morgan fingerprint density at radius 1 is 1.23 bits per heavy atom. The molecule has 0 bridgehead atoms. The van der Waals surface area contributed by atoms with E-state index in [2.05, 4.69) is 15.1 Å². The molecule has 11 heteroatoms. The SMILES string of the molecule is CC(C)(C)NC(=O)c1c(-c2cccc(CNS(C)(=O)=O)c2)nn2c1CN(C(N)=O)CC2. The van der Waals surface area contributed by atoms with Crippen LogP contribution >= 0.6 is 0 Å². The standard InChI is InChI=1S/C20H28N6O4S/c1-20(2,3)23-18(27)16-15-12-25(19(21)28)8-9-26(15)24-17(16)14-7-5-6-13(10-14)11-22-31(4,29)30/h5-7,10,22H,8-9,11-12H2,1-4H3,(H2,21,28)(H,23,27). The number of sulfonamides is 1. The van der Waals surface area contributed by atoms with E-state index in [4.69, 9.17) is 5.73 Å². The van der Waals surface area contributed by atoms with Gasteiger partial charge in [0.2, 0.25) is 10.0 Å². The molecule has 0 radical (unpaired) electrons. The maximum absolute atomic E-state index is 13.2. The van der Waals surface area contributed by atoms with Gasteiger partial charge < -0.3 is 16.0 Å². The fourth-order valence-electron chi connectivity index (χ4n) is 3.39. The number of aromatic nitrogens is 2. The van der Waals surface area contributed by atoms with Gasteiger partial charge in [-0.25, -0.2) is 17.9 Å². The molecule has 1 aromatic carbocycles. The largest absolute Gasteiger partial charge is 0.351 e. The lowest BCUT2D eigenvalue weighted by Gasteiger charge is -2.27. The lowest BCUT2D eigenvalue weighted by atomic mass is 10.0. The van der Waals surface area contributed by atoms with Gasteiger partial charge in [0.25, 0.3) is 5.91 Å². The first-order chi connectivity index (χ1) is 14.3. The molecule has 3 amide bonds. The van der Waals surface area contributed by atoms with Crippen LogP contribution in [0.1, 0.15) is 42.4 Å². The molecule has 1 aliphatic rings. The summed E-state index contributed by atoms with van der Waals surface area (Å²) in [6.07, 6.45) is 1.10. The van der Waals surface area contributed by atoms with E-state index in [-0.39, 0.29) is 19.0 Å². The number of hydrogen-bond donors (Lipinski definition) is 3. The van der Waals surface area contributed by atoms with Crippen molar-refractivity contribution in [1.82, 2.24) is 24.7 Å². The number of urea groups is 1. The summed E-state index contributed by atoms with van der Waals surface area (Å²) in [4.78, 5) is 26.4. The molecule has 0 unspecified atom stereocenters. The van der Waals surface area contributed by atoms with Crippen LogP contribution in [-0.2, 0) is 29.7 Å². The summed E-state index contributed by atoms with van der Waals surface area (Å²) in [5.74, 6) is -0.297. The highest BCUT2D eigenvalue weighted by Crippen LogP contribution is 2.29. The van der Waals surface area contributed by atoms with E-state index in [9.17, 15) is 18.0 Å². The monoisotopic (exact) mass is 448 g/mol. The molecule has 3 rings (SSSR count). The molecule has 4 N–H and O–H groups in total. The van der Waals surface area contributed by atoms with Crippen molar-refractivity contribution >= 4 is 22.0 Å². The number of nitrogens with two attached hydrogens (primary N) is 1. The summed E-state index contributed by atoms with van der Waals surface area (Å²) < 4.78 is 27.1. The molecule has 0 atom stereocenters. The van der Waals surface area contributed by atoms with E-state index in [1.54, 1.807) is 22.9 Å². The number of primary amides is 1. The van der Waals surface area contributed by atoms with Crippen LogP contribution in [-0.4, -0.2) is 53.4 Å². The Balaban J connectivity index is 2.06. The Morgan fingerprint density at radius 2 is 1.94 bits per heavy atom. The van der Waals surface area contributed by atoms with Gasteiger partial charge in [0.05, 0.1) is 30.6 Å². The second kappa shape index (κ2) is 8.31. The Kier molecular flexibility index (Phi) is 6.10. The molecule has 1 aliphatic heterocycles. The van der Waals surface area contributed by atoms with Crippen LogP contribution in [0.2, 0.25) is 0 Å². The quantitative estimate of drug-likeness (QED) is 0.627. The molecule has 2 aromatic rings. The van der Waals surface area contributed by atoms with Gasteiger partial charge in [0.15, 0.2) is 0 Å². The Hall–Kier alpha value is -2.92. The second-order valence-electron chi connectivity index (χ2n) is 8.65. The zero-order valence-corrected chi connectivity index (χ0v) is 18.9. The summed E-state index contributed by atoms with van der Waals surface area (Å²) in [6.45, 7) is 6.78. The van der Waals surface area contributed by atoms with Crippen molar-refractivity contribution in [3.05, 3.63) is 41.1 Å². The van der Waals surface area contributed by atoms with E-state index < -0.39 is 21.6 Å². The van der Waals surface area contributed by atoms with Crippen LogP contribution in [0.4, 0.5) is 4.79 Å². The Morgan fingerprint density at radius 3 is 2.55 bits per heavy atom. The minimum absolute atomic E-state index is 0.124. The molecule has 0 fully saturated rings. The zero-order chi connectivity index (χ0) is 23.0. The third-order valence-electron chi connectivity index (χ3n) is 4.75. The van der Waals surface area contributed by atoms with Gasteiger partial charge in [0, 0.05) is 24.2 Å². The topological polar surface area (TPSA) is 139 Å². The van der Waals surface area contributed by atoms with Crippen LogP contribution in [0.25, 0.3) is 11.3 Å². The summed E-state index contributed by atoms with van der Waals surface area (Å²) in [7, 11) is -3.34. The van der Waals surface area contributed by atoms with E-state index >= 15 is 0 Å². The van der Waals surface area contributed by atoms with Crippen molar-refractivity contribution in [2.75, 3.05) is 12.8 Å². The maximum Gasteiger partial charge on any atom is 0.315 e. The van der Waals surface area contributed by atoms with Crippen molar-refractivity contribution in [2.45, 2.75) is 45.9 Å². The van der Waals surface area contributed by atoms with Crippen LogP contribution in [0.5, 0.6) is 0 Å². The molecular formula is C20H28N6O4S. The highest BCUT2D eigenvalue weighted by Gasteiger charge is 2.31. The number of rotatable bonds is 5. The molecule has 10 nitrogen and oxygen atoms in total. The number of amides is 3. The number of carbonyl (C=O) groups is 2. The molecule has 2 heterocycles. The Labute approximate surface area is 181 Å². The van der Waals surface area contributed by atoms with E-state index in [0.29, 0.717) is 35.6 Å². The first-order valence-corrected chi connectivity index (χ1v) is 11.7. The van der Waals surface area contributed by atoms with Crippen LogP contribution < -0.4 is 15.8 Å². The fraction of sp³-hybridized carbons (Fsp3) is 0.450. The lowest BCUT2D eigenvalue weighted by Crippen LogP contribution is -2.44. The number of nitrogens with one attached hydrogen (secondary N) is 2. The van der Waals surface area contributed by atoms with E-state index in [1.165, 1.54) is 4.90 Å². The highest BCUT2D eigenvalue weighted by atomic mass is 32.2. The van der Waals surface area contributed by atoms with Crippen molar-refractivity contribution in [2.24, 2.45) is 5.73 Å². The molecular weight excluding hydrogens is 420 g/mol. The predicted octanol–water partition coefficient (Wildman–Crippen LogP) is 1.02. The number of hydrogen-bond acceptors (Lipinski definition) is 5. The van der Waals surface area contributed by atoms with Gasteiger partial charge in [-0.15, -0.1) is 0 Å². The van der Waals surface area contributed by atoms with E-state index in [0.717, 1.165) is 11.8 Å². The van der Waals surface area contributed by atoms with Gasteiger partial charge >= 0.3 is 6.03 Å². The molecule has 31 heavy (non-hydrogen) atoms. The highest BCUT2D eigenvalue weighted by molar-refractivity contribution is 7.88. The molecule has 0 spiro atoms. The third kappa shape index (κ3) is 5.61. The van der Waals surface area contributed by atoms with Crippen LogP contribution in [0.15, 0.2) is 24.3 Å². The molecule has 0 aliphatic carbocycles. The van der Waals surface area contributed by atoms with Crippen molar-refractivity contribution < 1.29 is 18.0 Å². The van der Waals surface area contributed by atoms with Crippen molar-refractivity contribution in [1.29, 1.82) is 0 Å². The first kappa shape index (κ1) is 22.8. The maximum atomic E-state index is 13.2. The predicted molar refractivity (Wildman–Crippen MR) is 117 cm³/mol. The van der Waals surface area contributed by atoms with Gasteiger partial charge in [0.1, 0.15) is 5.69 Å². The average molecular weight is 449 g/mol. The minimum Gasteiger partial charge on any atom is -0.351 e. The average Bonchev–Trinajstić information content (AvgIpc) is 3.03. The van der Waals surface area contributed by atoms with Gasteiger partial charge in [-0.2, -0.15) is 5.10 Å². The van der Waals surface area contributed by atoms with Gasteiger partial charge in [-0.3, -0.25) is 9.48 Å². The second-order valence-corrected chi connectivity index (χ2v) is 10.5. The normalized spacial score (nSPS) is 14.3. The zero-order valence-electron chi connectivity index (χ0n) is 18.1. The van der Waals surface area contributed by atoms with E-state index in [1.807, 2.05) is 26.8 Å². The number of nitrogens with zero attached hydrogens (tertiary/aromatic N) is 3. The van der Waals surface area contributed by atoms with Crippen LogP contribution in [0.3, 0.4) is 0 Å². The Bertz CT molecular complexity index is 1120. The van der Waals surface area contributed by atoms with Gasteiger partial charge in [-0.05, 0) is 32.4 Å². The minimum atomic E-state index is -3.34. The summed E-state index contributed by atoms with van der Waals surface area (Å²) in [5.41, 5.74) is 7.87. The van der Waals surface area contributed by atoms with Crippen molar-refractivity contribution in [3.8, 4) is 11.3 Å². The summed E-state index contributed by atoms with van der Waals surface area (Å²) in [5, 5.41) is 7.62. The van der Waals surface area contributed by atoms with Crippen LogP contribution in [0, 0.1) is 0 Å². The number of carbonyl (C=O) groups excluding carboxylic acids is 2. The smallest absolute Gasteiger partial charge is 0.315 e. The molecule has 168 valence electrons. The fourth-order valence-corrected chi connectivity index (χ4v) is 3.82. The molecule has 0 saturated heterocycles. The van der Waals surface area contributed by atoms with Crippen molar-refractivity contribution in [3.63, 3.8) is 0 Å². The number of benzene rings is 1. The first-order valence-electron chi connectivity index (χ1n) is 9.84. The lowest BCUT2D eigenvalue weighted by molar-refractivity contribution is 0.0916.